The summed E-state index contributed by atoms with van der Waals surface area (Å²) >= 11 is 0. The van der Waals surface area contributed by atoms with Crippen molar-refractivity contribution in [3.63, 3.8) is 0 Å². The van der Waals surface area contributed by atoms with Crippen LogP contribution in [0.2, 0.25) is 0 Å². The smallest absolute Gasteiger partial charge is 0.272 e. The lowest BCUT2D eigenvalue weighted by atomic mass is 10.2. The van der Waals surface area contributed by atoms with Crippen LogP contribution < -0.4 is 5.32 Å². The predicted molar refractivity (Wildman–Crippen MR) is 76.4 cm³/mol. The first-order chi connectivity index (χ1) is 9.20. The van der Waals surface area contributed by atoms with Crippen molar-refractivity contribution in [1.82, 2.24) is 14.8 Å². The van der Waals surface area contributed by atoms with E-state index in [0.29, 0.717) is 5.69 Å². The van der Waals surface area contributed by atoms with Crippen LogP contribution in [0.4, 0.5) is 5.69 Å². The van der Waals surface area contributed by atoms with Crippen molar-refractivity contribution in [2.75, 3.05) is 45.1 Å². The van der Waals surface area contributed by atoms with Crippen molar-refractivity contribution in [2.24, 2.45) is 0 Å². The number of rotatable bonds is 4. The van der Waals surface area contributed by atoms with Crippen molar-refractivity contribution >= 4 is 11.6 Å². The second-order valence-electron chi connectivity index (χ2n) is 4.95. The highest BCUT2D eigenvalue weighted by Gasteiger charge is 2.21. The largest absolute Gasteiger partial charge is 0.385 e. The lowest BCUT2D eigenvalue weighted by molar-refractivity contribution is 0.0658. The molecule has 0 aliphatic carbocycles. The van der Waals surface area contributed by atoms with Gasteiger partial charge in [0.25, 0.3) is 5.91 Å². The van der Waals surface area contributed by atoms with E-state index >= 15 is 0 Å². The van der Waals surface area contributed by atoms with Crippen LogP contribution in [0.1, 0.15) is 23.8 Å². The highest BCUT2D eigenvalue weighted by Crippen LogP contribution is 2.11. The number of anilines is 1. The highest BCUT2D eigenvalue weighted by atomic mass is 16.2. The molecule has 1 N–H and O–H groups in total. The minimum atomic E-state index is 0.0354. The van der Waals surface area contributed by atoms with E-state index in [4.69, 9.17) is 0 Å². The molecule has 0 saturated carbocycles. The van der Waals surface area contributed by atoms with Crippen molar-refractivity contribution < 1.29 is 4.79 Å². The average Bonchev–Trinajstić information content (AvgIpc) is 2.45. The van der Waals surface area contributed by atoms with Crippen LogP contribution in [0.15, 0.2) is 18.3 Å². The Morgan fingerprint density at radius 2 is 2.11 bits per heavy atom. The molecule has 1 aliphatic rings. The Labute approximate surface area is 114 Å². The molecule has 2 heterocycles. The Balaban J connectivity index is 2.02. The summed E-state index contributed by atoms with van der Waals surface area (Å²) in [5.74, 6) is 0.0354. The van der Waals surface area contributed by atoms with Gasteiger partial charge in [-0.15, -0.1) is 0 Å². The number of piperazine rings is 1. The van der Waals surface area contributed by atoms with E-state index in [1.165, 1.54) is 0 Å². The van der Waals surface area contributed by atoms with Crippen molar-refractivity contribution in [3.8, 4) is 0 Å². The van der Waals surface area contributed by atoms with E-state index in [1.807, 2.05) is 17.0 Å². The molecule has 104 valence electrons. The van der Waals surface area contributed by atoms with Crippen molar-refractivity contribution in [2.45, 2.75) is 13.3 Å². The minimum Gasteiger partial charge on any atom is -0.385 e. The van der Waals surface area contributed by atoms with Gasteiger partial charge >= 0.3 is 0 Å². The topological polar surface area (TPSA) is 48.5 Å². The Morgan fingerprint density at radius 3 is 2.79 bits per heavy atom. The minimum absolute atomic E-state index is 0.0354. The molecule has 1 aliphatic heterocycles. The Kier molecular flexibility index (Phi) is 4.74. The first-order valence-electron chi connectivity index (χ1n) is 6.88. The molecule has 0 unspecified atom stereocenters. The van der Waals surface area contributed by atoms with Crippen LogP contribution in [-0.2, 0) is 0 Å². The number of likely N-dealkylation sites (N-methyl/N-ethyl adjacent to an activating group) is 1. The molecule has 0 atom stereocenters. The number of hydrogen-bond donors (Lipinski definition) is 1. The second kappa shape index (κ2) is 6.52. The van der Waals surface area contributed by atoms with Crippen LogP contribution >= 0.6 is 0 Å². The number of pyridine rings is 1. The number of amides is 1. The van der Waals surface area contributed by atoms with E-state index < -0.39 is 0 Å². The monoisotopic (exact) mass is 262 g/mol. The fraction of sp³-hybridized carbons (Fsp3) is 0.571. The fourth-order valence-electron chi connectivity index (χ4n) is 2.10. The second-order valence-corrected chi connectivity index (χ2v) is 4.95. The third-order valence-corrected chi connectivity index (χ3v) is 3.35. The molecular formula is C14H22N4O. The number of nitrogens with zero attached hydrogens (tertiary/aromatic N) is 3. The number of aromatic nitrogens is 1. The molecule has 19 heavy (non-hydrogen) atoms. The van der Waals surface area contributed by atoms with E-state index in [1.54, 1.807) is 6.20 Å². The zero-order valence-corrected chi connectivity index (χ0v) is 11.7. The van der Waals surface area contributed by atoms with Crippen LogP contribution in [0.5, 0.6) is 0 Å². The molecule has 5 nitrogen and oxygen atoms in total. The van der Waals surface area contributed by atoms with Gasteiger partial charge in [0, 0.05) is 44.6 Å². The summed E-state index contributed by atoms with van der Waals surface area (Å²) in [5, 5.41) is 3.28. The van der Waals surface area contributed by atoms with Gasteiger partial charge in [-0.25, -0.2) is 0 Å². The number of hydrogen-bond acceptors (Lipinski definition) is 4. The summed E-state index contributed by atoms with van der Waals surface area (Å²) < 4.78 is 0. The van der Waals surface area contributed by atoms with Crippen molar-refractivity contribution in [3.05, 3.63) is 24.0 Å². The van der Waals surface area contributed by atoms with Crippen LogP contribution in [0, 0.1) is 0 Å². The van der Waals surface area contributed by atoms with Gasteiger partial charge in [0.05, 0.1) is 0 Å². The number of nitrogens with one attached hydrogen (secondary N) is 1. The normalized spacial score (nSPS) is 16.4. The molecule has 1 saturated heterocycles. The van der Waals surface area contributed by atoms with Gasteiger partial charge in [-0.2, -0.15) is 0 Å². The van der Waals surface area contributed by atoms with E-state index in [2.05, 4.69) is 29.2 Å². The zero-order chi connectivity index (χ0) is 13.7. The highest BCUT2D eigenvalue weighted by molar-refractivity contribution is 5.93. The first-order valence-corrected chi connectivity index (χ1v) is 6.88. The van der Waals surface area contributed by atoms with E-state index in [9.17, 15) is 4.79 Å². The van der Waals surface area contributed by atoms with Gasteiger partial charge in [0.2, 0.25) is 0 Å². The van der Waals surface area contributed by atoms with Gasteiger partial charge in [0.1, 0.15) is 5.69 Å². The molecule has 5 heteroatoms. The third-order valence-electron chi connectivity index (χ3n) is 3.35. The van der Waals surface area contributed by atoms with Crippen LogP contribution in [0.3, 0.4) is 0 Å². The lowest BCUT2D eigenvalue weighted by Gasteiger charge is -2.32. The predicted octanol–water partition coefficient (Wildman–Crippen LogP) is 1.29. The molecule has 0 radical (unpaired) electrons. The SMILES string of the molecule is CCCNc1ccnc(C(=O)N2CCN(C)CC2)c1. The van der Waals surface area contributed by atoms with Gasteiger partial charge < -0.3 is 15.1 Å². The molecular weight excluding hydrogens is 240 g/mol. The van der Waals surface area contributed by atoms with Gasteiger partial charge in [-0.05, 0) is 25.6 Å². The maximum atomic E-state index is 12.3. The summed E-state index contributed by atoms with van der Waals surface area (Å²) in [6, 6.07) is 3.74. The molecule has 1 aromatic heterocycles. The summed E-state index contributed by atoms with van der Waals surface area (Å²) in [6.45, 7) is 6.45. The Hall–Kier alpha value is -1.62. The molecule has 1 amide bonds. The molecule has 0 bridgehead atoms. The average molecular weight is 262 g/mol. The lowest BCUT2D eigenvalue weighted by Crippen LogP contribution is -2.47. The van der Waals surface area contributed by atoms with Crippen LogP contribution in [-0.4, -0.2) is 60.5 Å². The van der Waals surface area contributed by atoms with Gasteiger partial charge in [0.15, 0.2) is 0 Å². The van der Waals surface area contributed by atoms with Crippen molar-refractivity contribution in [1.29, 1.82) is 0 Å². The van der Waals surface area contributed by atoms with E-state index in [0.717, 1.165) is 44.8 Å². The fourth-order valence-corrected chi connectivity index (χ4v) is 2.10. The van der Waals surface area contributed by atoms with Crippen LogP contribution in [0.25, 0.3) is 0 Å². The molecule has 0 spiro atoms. The van der Waals surface area contributed by atoms with E-state index in [-0.39, 0.29) is 5.91 Å². The molecule has 1 aromatic rings. The van der Waals surface area contributed by atoms with Gasteiger partial charge in [-0.3, -0.25) is 9.78 Å². The summed E-state index contributed by atoms with van der Waals surface area (Å²) in [5.41, 5.74) is 1.50. The molecule has 1 fully saturated rings. The Bertz CT molecular complexity index is 427. The summed E-state index contributed by atoms with van der Waals surface area (Å²) in [7, 11) is 2.08. The maximum absolute atomic E-state index is 12.3. The number of carbonyl (C=O) groups is 1. The van der Waals surface area contributed by atoms with Gasteiger partial charge in [-0.1, -0.05) is 6.92 Å². The summed E-state index contributed by atoms with van der Waals surface area (Å²) in [6.07, 6.45) is 2.76. The molecule has 2 rings (SSSR count). The Morgan fingerprint density at radius 1 is 1.37 bits per heavy atom. The quantitative estimate of drug-likeness (QED) is 0.888. The number of carbonyl (C=O) groups excluding carboxylic acids is 1. The first kappa shape index (κ1) is 13.8. The zero-order valence-electron chi connectivity index (χ0n) is 11.7. The standard InChI is InChI=1S/C14H22N4O/c1-3-5-15-12-4-6-16-13(11-12)14(19)18-9-7-17(2)8-10-18/h4,6,11H,3,5,7-10H2,1-2H3,(H,15,16). The summed E-state index contributed by atoms with van der Waals surface area (Å²) in [4.78, 5) is 20.7. The third kappa shape index (κ3) is 3.67. The maximum Gasteiger partial charge on any atom is 0.272 e. The molecule has 0 aromatic carbocycles.